The summed E-state index contributed by atoms with van der Waals surface area (Å²) in [5, 5.41) is 0. The molecule has 0 saturated carbocycles. The van der Waals surface area contributed by atoms with E-state index >= 15 is 0 Å². The van der Waals surface area contributed by atoms with Crippen molar-refractivity contribution < 1.29 is 4.74 Å². The van der Waals surface area contributed by atoms with Crippen molar-refractivity contribution in [2.45, 2.75) is 0 Å². The Bertz CT molecular complexity index is 590. The van der Waals surface area contributed by atoms with Crippen LogP contribution in [0.15, 0.2) is 51.4 Å². The van der Waals surface area contributed by atoms with Crippen LogP contribution < -0.4 is 4.74 Å². The first-order valence-electron chi connectivity index (χ1n) is 4.79. The lowest BCUT2D eigenvalue weighted by atomic mass is 10.3. The molecule has 0 spiro atoms. The van der Waals surface area contributed by atoms with Gasteiger partial charge in [-0.3, -0.25) is 0 Å². The molecule has 0 N–H and O–H groups in total. The Hall–Kier alpha value is -1.31. The van der Waals surface area contributed by atoms with Gasteiger partial charge in [0, 0.05) is 8.95 Å². The first-order chi connectivity index (χ1) is 8.19. The second-order valence-electron chi connectivity index (χ2n) is 3.28. The molecule has 2 nitrogen and oxygen atoms in total. The largest absolute Gasteiger partial charge is 0.468 e. The van der Waals surface area contributed by atoms with Crippen molar-refractivity contribution in [2.24, 2.45) is 0 Å². The molecule has 2 aromatic rings. The maximum Gasteiger partial charge on any atom is 0.228 e. The highest BCUT2D eigenvalue weighted by Gasteiger charge is 2.05. The molecule has 0 aromatic heterocycles. The van der Waals surface area contributed by atoms with E-state index in [1.54, 1.807) is 12.1 Å². The third-order valence-corrected chi connectivity index (χ3v) is 3.05. The topological polar surface area (TPSA) is 13.6 Å². The van der Waals surface area contributed by atoms with Gasteiger partial charge in [-0.05, 0) is 24.3 Å². The predicted molar refractivity (Wildman–Crippen MR) is 74.6 cm³/mol. The van der Waals surface area contributed by atoms with Crippen LogP contribution >= 0.6 is 31.9 Å². The van der Waals surface area contributed by atoms with Gasteiger partial charge in [-0.2, -0.15) is 0 Å². The van der Waals surface area contributed by atoms with Crippen LogP contribution in [0.1, 0.15) is 0 Å². The number of ether oxygens (including phenoxy) is 1. The zero-order chi connectivity index (χ0) is 12.3. The second kappa shape index (κ2) is 5.35. The van der Waals surface area contributed by atoms with E-state index in [0.717, 1.165) is 8.95 Å². The van der Waals surface area contributed by atoms with E-state index in [1.807, 2.05) is 30.3 Å². The summed E-state index contributed by atoms with van der Waals surface area (Å²) in [5.41, 5.74) is 0.494. The zero-order valence-electron chi connectivity index (χ0n) is 8.65. The van der Waals surface area contributed by atoms with Crippen LogP contribution in [0.4, 0.5) is 5.69 Å². The van der Waals surface area contributed by atoms with Crippen LogP contribution in [0.5, 0.6) is 11.5 Å². The lowest BCUT2D eigenvalue weighted by molar-refractivity contribution is 0.485. The average molecular weight is 353 g/mol. The molecule has 0 unspecified atom stereocenters. The van der Waals surface area contributed by atoms with Gasteiger partial charge in [0.05, 0.1) is 6.57 Å². The highest BCUT2D eigenvalue weighted by molar-refractivity contribution is 9.10. The Balaban J connectivity index is 2.36. The summed E-state index contributed by atoms with van der Waals surface area (Å²) in [6.45, 7) is 7.08. The SMILES string of the molecule is [C-]#[N+]c1ccc(Br)cc1Oc1cccc(Br)c1. The van der Waals surface area contributed by atoms with Crippen LogP contribution in [0.3, 0.4) is 0 Å². The highest BCUT2D eigenvalue weighted by atomic mass is 79.9. The Morgan fingerprint density at radius 1 is 1.00 bits per heavy atom. The summed E-state index contributed by atoms with van der Waals surface area (Å²) in [6, 6.07) is 12.8. The minimum absolute atomic E-state index is 0.494. The quantitative estimate of drug-likeness (QED) is 0.645. The van der Waals surface area contributed by atoms with Gasteiger partial charge in [0.25, 0.3) is 0 Å². The normalized spacial score (nSPS) is 9.71. The summed E-state index contributed by atoms with van der Waals surface area (Å²) in [7, 11) is 0. The van der Waals surface area contributed by atoms with E-state index in [0.29, 0.717) is 17.2 Å². The average Bonchev–Trinajstić information content (AvgIpc) is 2.29. The second-order valence-corrected chi connectivity index (χ2v) is 5.11. The lowest BCUT2D eigenvalue weighted by Crippen LogP contribution is -1.84. The lowest BCUT2D eigenvalue weighted by Gasteiger charge is -2.08. The molecule has 0 saturated heterocycles. The van der Waals surface area contributed by atoms with Gasteiger partial charge in [0.1, 0.15) is 11.5 Å². The van der Waals surface area contributed by atoms with Crippen molar-refractivity contribution in [3.05, 3.63) is 62.8 Å². The number of halogens is 2. The van der Waals surface area contributed by atoms with E-state index in [4.69, 9.17) is 11.3 Å². The number of hydrogen-bond donors (Lipinski definition) is 0. The van der Waals surface area contributed by atoms with Crippen LogP contribution in [-0.2, 0) is 0 Å². The molecular formula is C13H7Br2NO. The van der Waals surface area contributed by atoms with Gasteiger partial charge < -0.3 is 4.74 Å². The standard InChI is InChI=1S/C13H7Br2NO/c1-16-12-6-5-10(15)8-13(12)17-11-4-2-3-9(14)7-11/h2-8H. The summed E-state index contributed by atoms with van der Waals surface area (Å²) in [6.07, 6.45) is 0. The molecule has 0 fully saturated rings. The molecule has 0 heterocycles. The minimum atomic E-state index is 0.494. The van der Waals surface area contributed by atoms with Crippen molar-refractivity contribution in [1.82, 2.24) is 0 Å². The van der Waals surface area contributed by atoms with Crippen molar-refractivity contribution in [3.63, 3.8) is 0 Å². The van der Waals surface area contributed by atoms with Gasteiger partial charge in [-0.25, -0.2) is 4.85 Å². The van der Waals surface area contributed by atoms with Gasteiger partial charge in [0.2, 0.25) is 5.69 Å². The van der Waals surface area contributed by atoms with E-state index in [1.165, 1.54) is 0 Å². The molecule has 0 aliphatic rings. The molecule has 17 heavy (non-hydrogen) atoms. The fourth-order valence-corrected chi connectivity index (χ4v) is 2.04. The van der Waals surface area contributed by atoms with Gasteiger partial charge in [-0.1, -0.05) is 50.1 Å². The molecule has 2 rings (SSSR count). The van der Waals surface area contributed by atoms with E-state index in [2.05, 4.69) is 36.7 Å². The Morgan fingerprint density at radius 3 is 2.47 bits per heavy atom. The van der Waals surface area contributed by atoms with Crippen LogP contribution in [-0.4, -0.2) is 0 Å². The fourth-order valence-electron chi connectivity index (χ4n) is 1.32. The predicted octanol–water partition coefficient (Wildman–Crippen LogP) is 5.55. The number of nitrogens with zero attached hydrogens (tertiary/aromatic N) is 1. The molecule has 0 atom stereocenters. The molecule has 0 radical (unpaired) electrons. The summed E-state index contributed by atoms with van der Waals surface area (Å²) < 4.78 is 7.51. The van der Waals surface area contributed by atoms with E-state index in [9.17, 15) is 0 Å². The van der Waals surface area contributed by atoms with E-state index < -0.39 is 0 Å². The first-order valence-corrected chi connectivity index (χ1v) is 6.38. The van der Waals surface area contributed by atoms with Crippen LogP contribution in [0.2, 0.25) is 0 Å². The van der Waals surface area contributed by atoms with Crippen LogP contribution in [0.25, 0.3) is 4.85 Å². The Kier molecular flexibility index (Phi) is 3.82. The number of rotatable bonds is 2. The third kappa shape index (κ3) is 3.09. The van der Waals surface area contributed by atoms with E-state index in [-0.39, 0.29) is 0 Å². The van der Waals surface area contributed by atoms with Gasteiger partial charge in [0.15, 0.2) is 0 Å². The van der Waals surface area contributed by atoms with Gasteiger partial charge in [-0.15, -0.1) is 0 Å². The molecule has 0 bridgehead atoms. The molecule has 0 aliphatic heterocycles. The summed E-state index contributed by atoms with van der Waals surface area (Å²) in [4.78, 5) is 3.42. The Morgan fingerprint density at radius 2 is 1.76 bits per heavy atom. The maximum absolute atomic E-state index is 7.08. The highest BCUT2D eigenvalue weighted by Crippen LogP contribution is 2.34. The molecule has 0 aliphatic carbocycles. The smallest absolute Gasteiger partial charge is 0.228 e. The zero-order valence-corrected chi connectivity index (χ0v) is 11.8. The van der Waals surface area contributed by atoms with Gasteiger partial charge >= 0.3 is 0 Å². The minimum Gasteiger partial charge on any atom is -0.468 e. The first kappa shape index (κ1) is 12.2. The molecule has 2 aromatic carbocycles. The fraction of sp³-hybridized carbons (Fsp3) is 0. The summed E-state index contributed by atoms with van der Waals surface area (Å²) in [5.74, 6) is 1.25. The van der Waals surface area contributed by atoms with Crippen molar-refractivity contribution in [1.29, 1.82) is 0 Å². The van der Waals surface area contributed by atoms with Crippen LogP contribution in [0, 0.1) is 6.57 Å². The number of hydrogen-bond acceptors (Lipinski definition) is 1. The monoisotopic (exact) mass is 351 g/mol. The molecule has 0 amide bonds. The van der Waals surface area contributed by atoms with Crippen molar-refractivity contribution >= 4 is 37.5 Å². The van der Waals surface area contributed by atoms with Crippen molar-refractivity contribution in [2.75, 3.05) is 0 Å². The molecule has 4 heteroatoms. The molecular weight excluding hydrogens is 346 g/mol. The Labute approximate surface area is 116 Å². The molecule has 84 valence electrons. The van der Waals surface area contributed by atoms with Crippen molar-refractivity contribution in [3.8, 4) is 11.5 Å². The maximum atomic E-state index is 7.08. The summed E-state index contributed by atoms with van der Waals surface area (Å²) >= 11 is 6.74. The third-order valence-electron chi connectivity index (χ3n) is 2.07. The number of benzene rings is 2.